The molecule has 6 nitrogen and oxygen atoms in total. The van der Waals surface area contributed by atoms with Crippen molar-refractivity contribution in [2.75, 3.05) is 13.2 Å². The van der Waals surface area contributed by atoms with Gasteiger partial charge in [-0.25, -0.2) is 0 Å². The van der Waals surface area contributed by atoms with Gasteiger partial charge < -0.3 is 14.2 Å². The number of hydrogen-bond donors (Lipinski definition) is 0. The van der Waals surface area contributed by atoms with Crippen molar-refractivity contribution in [3.05, 3.63) is 0 Å². The van der Waals surface area contributed by atoms with Crippen molar-refractivity contribution in [1.29, 1.82) is 0 Å². The predicted octanol–water partition coefficient (Wildman–Crippen LogP) is 19.8. The molecule has 0 aliphatic heterocycles. The summed E-state index contributed by atoms with van der Waals surface area (Å²) in [5.41, 5.74) is 0. The lowest BCUT2D eigenvalue weighted by atomic mass is 10.0. The van der Waals surface area contributed by atoms with Gasteiger partial charge in [-0.1, -0.05) is 304 Å². The van der Waals surface area contributed by atoms with E-state index in [-0.39, 0.29) is 31.1 Å². The van der Waals surface area contributed by atoms with Crippen molar-refractivity contribution in [2.24, 2.45) is 5.92 Å². The van der Waals surface area contributed by atoms with Crippen LogP contribution in [0.3, 0.4) is 0 Å². The number of esters is 3. The molecule has 0 N–H and O–H groups in total. The third kappa shape index (κ3) is 53.4. The summed E-state index contributed by atoms with van der Waals surface area (Å²) in [5.74, 6) is 0.000476. The van der Waals surface area contributed by atoms with Crippen molar-refractivity contribution < 1.29 is 28.6 Å². The van der Waals surface area contributed by atoms with Crippen LogP contribution < -0.4 is 0 Å². The highest BCUT2D eigenvalue weighted by Gasteiger charge is 2.19. The van der Waals surface area contributed by atoms with E-state index in [1.54, 1.807) is 0 Å². The van der Waals surface area contributed by atoms with Crippen LogP contribution in [0.4, 0.5) is 0 Å². The van der Waals surface area contributed by atoms with E-state index in [1.165, 1.54) is 238 Å². The second-order valence-electron chi connectivity index (χ2n) is 21.1. The van der Waals surface area contributed by atoms with Gasteiger partial charge in [-0.3, -0.25) is 14.4 Å². The Morgan fingerprint density at radius 1 is 0.288 bits per heavy atom. The van der Waals surface area contributed by atoms with Gasteiger partial charge in [0.05, 0.1) is 0 Å². The van der Waals surface area contributed by atoms with Gasteiger partial charge >= 0.3 is 17.9 Å². The minimum atomic E-state index is -0.762. The molecule has 0 heterocycles. The van der Waals surface area contributed by atoms with E-state index in [9.17, 15) is 14.4 Å². The summed E-state index contributed by atoms with van der Waals surface area (Å²) in [4.78, 5) is 38.2. The summed E-state index contributed by atoms with van der Waals surface area (Å²) in [6, 6.07) is 0. The van der Waals surface area contributed by atoms with E-state index in [0.29, 0.717) is 19.3 Å². The highest BCUT2D eigenvalue weighted by atomic mass is 16.6. The van der Waals surface area contributed by atoms with Crippen molar-refractivity contribution >= 4 is 17.9 Å². The second kappa shape index (κ2) is 54.4. The van der Waals surface area contributed by atoms with Crippen LogP contribution in [0.25, 0.3) is 0 Å². The first kappa shape index (κ1) is 64.4. The predicted molar refractivity (Wildman–Crippen MR) is 284 cm³/mol. The van der Waals surface area contributed by atoms with E-state index in [2.05, 4.69) is 27.7 Å². The molecule has 0 aliphatic carbocycles. The average Bonchev–Trinajstić information content (AvgIpc) is 3.30. The molecule has 0 saturated carbocycles. The van der Waals surface area contributed by atoms with Gasteiger partial charge in [-0.05, 0) is 25.2 Å². The van der Waals surface area contributed by atoms with Crippen molar-refractivity contribution in [1.82, 2.24) is 0 Å². The normalized spacial score (nSPS) is 12.0. The summed E-state index contributed by atoms with van der Waals surface area (Å²) < 4.78 is 16.9. The van der Waals surface area contributed by atoms with E-state index in [0.717, 1.165) is 63.7 Å². The molecule has 1 atom stereocenters. The molecule has 6 heteroatoms. The molecule has 0 bridgehead atoms. The Bertz CT molecular complexity index is 996. The highest BCUT2D eigenvalue weighted by Crippen LogP contribution is 2.18. The molecule has 66 heavy (non-hydrogen) atoms. The Balaban J connectivity index is 4.27. The Hall–Kier alpha value is -1.59. The van der Waals surface area contributed by atoms with Gasteiger partial charge in [0.2, 0.25) is 0 Å². The zero-order chi connectivity index (χ0) is 48.1. The lowest BCUT2D eigenvalue weighted by Gasteiger charge is -2.18. The van der Waals surface area contributed by atoms with E-state index >= 15 is 0 Å². The summed E-state index contributed by atoms with van der Waals surface area (Å²) in [6.07, 6.45) is 59.5. The van der Waals surface area contributed by atoms with Crippen molar-refractivity contribution in [3.8, 4) is 0 Å². The molecule has 0 aromatic rings. The molecule has 0 aromatic carbocycles. The molecule has 0 aliphatic rings. The van der Waals surface area contributed by atoms with Crippen LogP contribution >= 0.6 is 0 Å². The van der Waals surface area contributed by atoms with Crippen LogP contribution in [0.5, 0.6) is 0 Å². The van der Waals surface area contributed by atoms with Gasteiger partial charge in [-0.2, -0.15) is 0 Å². The fraction of sp³-hybridized carbons (Fsp3) is 0.950. The molecule has 392 valence electrons. The zero-order valence-corrected chi connectivity index (χ0v) is 45.2. The highest BCUT2D eigenvalue weighted by molar-refractivity contribution is 5.71. The standard InChI is InChI=1S/C60H116O6/c1-5-7-9-11-13-15-17-19-21-22-23-24-25-27-31-35-39-43-47-51-58(61)64-54-57(66-60(63)53-49-45-41-37-33-26-20-18-16-14-12-10-8-6-2)55-65-59(62)52-48-44-40-36-32-29-28-30-34-38-42-46-50-56(3)4/h56-57H,5-55H2,1-4H3/t57-/m0/s1. The van der Waals surface area contributed by atoms with Gasteiger partial charge in [0.15, 0.2) is 6.10 Å². The Labute approximate surface area is 412 Å². The first-order valence-corrected chi connectivity index (χ1v) is 29.9. The molecule has 0 fully saturated rings. The number of ether oxygens (including phenoxy) is 3. The van der Waals surface area contributed by atoms with Gasteiger partial charge in [0.1, 0.15) is 13.2 Å². The Morgan fingerprint density at radius 2 is 0.500 bits per heavy atom. The van der Waals surface area contributed by atoms with Crippen LogP contribution in [0.1, 0.15) is 342 Å². The first-order chi connectivity index (χ1) is 32.4. The quantitative estimate of drug-likeness (QED) is 0.0343. The third-order valence-corrected chi connectivity index (χ3v) is 13.8. The topological polar surface area (TPSA) is 78.9 Å². The number of hydrogen-bond acceptors (Lipinski definition) is 6. The van der Waals surface area contributed by atoms with Crippen molar-refractivity contribution in [3.63, 3.8) is 0 Å². The molecular formula is C60H116O6. The molecule has 0 amide bonds. The smallest absolute Gasteiger partial charge is 0.306 e. The summed E-state index contributed by atoms with van der Waals surface area (Å²) in [7, 11) is 0. The van der Waals surface area contributed by atoms with Gasteiger partial charge in [0, 0.05) is 19.3 Å². The molecule has 0 aromatic heterocycles. The third-order valence-electron chi connectivity index (χ3n) is 13.8. The molecule has 0 saturated heterocycles. The fourth-order valence-electron chi connectivity index (χ4n) is 9.28. The first-order valence-electron chi connectivity index (χ1n) is 29.9. The largest absolute Gasteiger partial charge is 0.462 e. The monoisotopic (exact) mass is 933 g/mol. The Morgan fingerprint density at radius 3 is 0.742 bits per heavy atom. The molecule has 0 spiro atoms. The summed E-state index contributed by atoms with van der Waals surface area (Å²) >= 11 is 0. The number of carbonyl (C=O) groups excluding carboxylic acids is 3. The lowest BCUT2D eigenvalue weighted by Crippen LogP contribution is -2.30. The van der Waals surface area contributed by atoms with Crippen LogP contribution in [0, 0.1) is 5.92 Å². The van der Waals surface area contributed by atoms with E-state index in [1.807, 2.05) is 0 Å². The summed E-state index contributed by atoms with van der Waals surface area (Å²) in [5, 5.41) is 0. The van der Waals surface area contributed by atoms with Crippen LogP contribution in [0.15, 0.2) is 0 Å². The average molecular weight is 934 g/mol. The second-order valence-corrected chi connectivity index (χ2v) is 21.1. The van der Waals surface area contributed by atoms with Gasteiger partial charge in [0.25, 0.3) is 0 Å². The SMILES string of the molecule is CCCCCCCCCCCCCCCCCCCCCC(=O)OC[C@@H](COC(=O)CCCCCCCCCCCCCCC(C)C)OC(=O)CCCCCCCCCCCCCCCC. The molecule has 0 rings (SSSR count). The molecular weight excluding hydrogens is 817 g/mol. The Kier molecular flexibility index (Phi) is 53.0. The fourth-order valence-corrected chi connectivity index (χ4v) is 9.28. The maximum absolute atomic E-state index is 12.8. The number of carbonyl (C=O) groups is 3. The van der Waals surface area contributed by atoms with Gasteiger partial charge in [-0.15, -0.1) is 0 Å². The molecule has 0 radical (unpaired) electrons. The van der Waals surface area contributed by atoms with Crippen LogP contribution in [-0.2, 0) is 28.6 Å². The van der Waals surface area contributed by atoms with Crippen LogP contribution in [-0.4, -0.2) is 37.2 Å². The lowest BCUT2D eigenvalue weighted by molar-refractivity contribution is -0.167. The van der Waals surface area contributed by atoms with E-state index in [4.69, 9.17) is 14.2 Å². The minimum Gasteiger partial charge on any atom is -0.462 e. The zero-order valence-electron chi connectivity index (χ0n) is 45.2. The minimum absolute atomic E-state index is 0.0617. The number of unbranched alkanes of at least 4 members (excludes halogenated alkanes) is 42. The van der Waals surface area contributed by atoms with Crippen LogP contribution in [0.2, 0.25) is 0 Å². The van der Waals surface area contributed by atoms with E-state index < -0.39 is 6.10 Å². The molecule has 0 unspecified atom stereocenters. The summed E-state index contributed by atoms with van der Waals surface area (Å²) in [6.45, 7) is 9.07. The maximum atomic E-state index is 12.8. The maximum Gasteiger partial charge on any atom is 0.306 e. The number of rotatable bonds is 55. The van der Waals surface area contributed by atoms with Crippen molar-refractivity contribution in [2.45, 2.75) is 348 Å².